The van der Waals surface area contributed by atoms with Crippen molar-refractivity contribution < 1.29 is 4.74 Å². The van der Waals surface area contributed by atoms with Crippen LogP contribution in [0, 0.1) is 0 Å². The molecular formula is C72H55N3OS3. The van der Waals surface area contributed by atoms with E-state index in [0.29, 0.717) is 0 Å². The topological polar surface area (TPSA) is 28.6 Å². The molecule has 0 saturated heterocycles. The van der Waals surface area contributed by atoms with Gasteiger partial charge in [0.2, 0.25) is 0 Å². The first kappa shape index (κ1) is 48.0. The van der Waals surface area contributed by atoms with Gasteiger partial charge in [0.25, 0.3) is 0 Å². The SMILES string of the molecule is CC(C)(C)c1ccc(N(c2ccc3c(c2)C2(c4ccccc4Sc4ccccc42)c2cc(N(c4ccc(C(C)(C)C)cc4)c4cccc5c4sc4ccccc45)c4cccnc4c2O3)c2cccc3c2sc2ccccc23)cc1. The van der Waals surface area contributed by atoms with E-state index >= 15 is 0 Å². The van der Waals surface area contributed by atoms with Crippen LogP contribution in [0.25, 0.3) is 51.2 Å². The minimum atomic E-state index is -0.866. The van der Waals surface area contributed by atoms with Gasteiger partial charge in [-0.05, 0) is 130 Å². The van der Waals surface area contributed by atoms with E-state index in [4.69, 9.17) is 9.72 Å². The molecule has 5 heterocycles. The Morgan fingerprint density at radius 2 is 0.899 bits per heavy atom. The summed E-state index contributed by atoms with van der Waals surface area (Å²) >= 11 is 5.57. The van der Waals surface area contributed by atoms with Crippen molar-refractivity contribution in [1.29, 1.82) is 0 Å². The lowest BCUT2D eigenvalue weighted by Gasteiger charge is -2.46. The van der Waals surface area contributed by atoms with E-state index in [-0.39, 0.29) is 10.8 Å². The zero-order valence-electron chi connectivity index (χ0n) is 44.8. The van der Waals surface area contributed by atoms with Crippen LogP contribution < -0.4 is 14.5 Å². The molecule has 2 aliphatic rings. The molecule has 3 aromatic heterocycles. The molecule has 0 amide bonds. The lowest BCUT2D eigenvalue weighted by atomic mass is 9.63. The average Bonchev–Trinajstić information content (AvgIpc) is 3.51. The molecule has 1 spiro atoms. The molecular weight excluding hydrogens is 1020 g/mol. The summed E-state index contributed by atoms with van der Waals surface area (Å²) in [6, 6.07) is 81.4. The first-order valence-electron chi connectivity index (χ1n) is 27.2. The Morgan fingerprint density at radius 3 is 1.48 bits per heavy atom. The molecule has 0 bridgehead atoms. The van der Waals surface area contributed by atoms with Crippen LogP contribution in [0.4, 0.5) is 34.1 Å². The van der Waals surface area contributed by atoms with Crippen LogP contribution >= 0.6 is 34.4 Å². The van der Waals surface area contributed by atoms with Gasteiger partial charge < -0.3 is 14.5 Å². The van der Waals surface area contributed by atoms with Crippen LogP contribution in [0.15, 0.2) is 234 Å². The minimum Gasteiger partial charge on any atom is -0.454 e. The number of hydrogen-bond acceptors (Lipinski definition) is 7. The van der Waals surface area contributed by atoms with Gasteiger partial charge in [-0.25, -0.2) is 0 Å². The van der Waals surface area contributed by atoms with E-state index < -0.39 is 5.41 Å². The molecule has 0 saturated carbocycles. The predicted octanol–water partition coefficient (Wildman–Crippen LogP) is 21.5. The van der Waals surface area contributed by atoms with Crippen molar-refractivity contribution in [1.82, 2.24) is 4.98 Å². The number of nitrogens with zero attached hydrogens (tertiary/aromatic N) is 3. The average molecular weight is 1070 g/mol. The highest BCUT2D eigenvalue weighted by Gasteiger charge is 2.51. The molecule has 4 nitrogen and oxygen atoms in total. The fourth-order valence-electron chi connectivity index (χ4n) is 12.5. The number of hydrogen-bond donors (Lipinski definition) is 0. The summed E-state index contributed by atoms with van der Waals surface area (Å²) < 4.78 is 12.6. The van der Waals surface area contributed by atoms with Gasteiger partial charge in [0.1, 0.15) is 11.3 Å². The highest BCUT2D eigenvalue weighted by molar-refractivity contribution is 7.99. The second kappa shape index (κ2) is 17.9. The molecule has 0 fully saturated rings. The second-order valence-corrected chi connectivity index (χ2v) is 26.3. The van der Waals surface area contributed by atoms with E-state index in [1.54, 1.807) is 0 Å². The van der Waals surface area contributed by atoms with Crippen LogP contribution in [-0.2, 0) is 16.2 Å². The standard InChI is InChI=1S/C72H55N3OS3/c1-70(2,3)44-31-35-46(36-32-44)74(58-25-15-20-51-49-18-7-11-27-62(49)78-68(51)58)48-39-40-61-56(42-48)72(54-23-9-13-29-64(54)77-65-30-14-10-24-55(65)72)57-43-60(53-22-17-41-73-66(53)67(57)76-61)75(47-37-33-45(34-38-47)71(4,5)6)59-26-16-21-52-50-19-8-12-28-63(50)79-69(52)59/h7-43H,1-6H3. The number of fused-ring (bicyclic) bond motifs is 16. The normalized spacial score (nSPS) is 13.6. The Kier molecular flexibility index (Phi) is 10.9. The lowest BCUT2D eigenvalue weighted by Crippen LogP contribution is -2.37. The van der Waals surface area contributed by atoms with Gasteiger partial charge >= 0.3 is 0 Å². The van der Waals surface area contributed by atoms with E-state index in [1.807, 2.05) is 40.6 Å². The first-order chi connectivity index (χ1) is 38.4. The van der Waals surface area contributed by atoms with Gasteiger partial charge in [-0.2, -0.15) is 0 Å². The third kappa shape index (κ3) is 7.43. The van der Waals surface area contributed by atoms with Crippen LogP contribution in [0.1, 0.15) is 74.9 Å². The van der Waals surface area contributed by atoms with Crippen molar-refractivity contribution in [2.24, 2.45) is 0 Å². The Morgan fingerprint density at radius 1 is 0.405 bits per heavy atom. The third-order valence-corrected chi connectivity index (χ3v) is 19.9. The third-order valence-electron chi connectivity index (χ3n) is 16.3. The number of benzene rings is 10. The molecule has 79 heavy (non-hydrogen) atoms. The van der Waals surface area contributed by atoms with Gasteiger partial charge in [0.05, 0.1) is 31.9 Å². The zero-order valence-corrected chi connectivity index (χ0v) is 47.3. The number of thiophene rings is 2. The Bertz CT molecular complexity index is 4550. The summed E-state index contributed by atoms with van der Waals surface area (Å²) in [5, 5.41) is 6.03. The summed E-state index contributed by atoms with van der Waals surface area (Å²) in [5.41, 5.74) is 13.5. The highest BCUT2D eigenvalue weighted by Crippen LogP contribution is 2.64. The number of ether oxygens (including phenoxy) is 1. The van der Waals surface area contributed by atoms with Crippen LogP contribution in [-0.4, -0.2) is 4.98 Å². The van der Waals surface area contributed by atoms with Crippen LogP contribution in [0.5, 0.6) is 11.5 Å². The molecule has 2 aliphatic heterocycles. The van der Waals surface area contributed by atoms with Crippen LogP contribution in [0.3, 0.4) is 0 Å². The number of aromatic nitrogens is 1. The lowest BCUT2D eigenvalue weighted by molar-refractivity contribution is 0.435. The van der Waals surface area contributed by atoms with Crippen molar-refractivity contribution in [3.05, 3.63) is 258 Å². The summed E-state index contributed by atoms with van der Waals surface area (Å²) in [7, 11) is 0. The number of pyridine rings is 1. The van der Waals surface area contributed by atoms with E-state index in [2.05, 4.69) is 270 Å². The van der Waals surface area contributed by atoms with Crippen molar-refractivity contribution >= 4 is 120 Å². The molecule has 0 radical (unpaired) electrons. The van der Waals surface area contributed by atoms with Crippen LogP contribution in [0.2, 0.25) is 0 Å². The van der Waals surface area contributed by atoms with Gasteiger partial charge in [-0.1, -0.05) is 175 Å². The summed E-state index contributed by atoms with van der Waals surface area (Å²) in [6.45, 7) is 13.7. The number of anilines is 6. The van der Waals surface area contributed by atoms with Gasteiger partial charge in [0.15, 0.2) is 5.75 Å². The Hall–Kier alpha value is -8.20. The summed E-state index contributed by atoms with van der Waals surface area (Å²) in [6.07, 6.45) is 1.92. The molecule has 0 unspecified atom stereocenters. The largest absolute Gasteiger partial charge is 0.454 e. The molecule has 10 aromatic carbocycles. The Labute approximate surface area is 473 Å². The molecule has 15 rings (SSSR count). The fourth-order valence-corrected chi connectivity index (χ4v) is 16.1. The molecule has 7 heteroatoms. The van der Waals surface area contributed by atoms with Crippen molar-refractivity contribution in [2.75, 3.05) is 9.80 Å². The predicted molar refractivity (Wildman–Crippen MR) is 337 cm³/mol. The number of rotatable bonds is 6. The first-order valence-corrected chi connectivity index (χ1v) is 29.6. The van der Waals surface area contributed by atoms with E-state index in [9.17, 15) is 0 Å². The Balaban J connectivity index is 1.04. The fraction of sp³-hybridized carbons (Fsp3) is 0.125. The van der Waals surface area contributed by atoms with Gasteiger partial charge in [-0.3, -0.25) is 4.98 Å². The van der Waals surface area contributed by atoms with Gasteiger partial charge in [0, 0.05) is 80.5 Å². The molecule has 0 N–H and O–H groups in total. The molecule has 382 valence electrons. The van der Waals surface area contributed by atoms with Crippen molar-refractivity contribution in [3.8, 4) is 11.5 Å². The zero-order chi connectivity index (χ0) is 53.4. The second-order valence-electron chi connectivity index (χ2n) is 23.1. The minimum absolute atomic E-state index is 0.00864. The smallest absolute Gasteiger partial charge is 0.158 e. The van der Waals surface area contributed by atoms with Gasteiger partial charge in [-0.15, -0.1) is 22.7 Å². The molecule has 13 aromatic rings. The summed E-state index contributed by atoms with van der Waals surface area (Å²) in [4.78, 5) is 12.8. The van der Waals surface area contributed by atoms with Crippen molar-refractivity contribution in [2.45, 2.75) is 67.6 Å². The highest BCUT2D eigenvalue weighted by atomic mass is 32.2. The van der Waals surface area contributed by atoms with E-state index in [0.717, 1.165) is 67.7 Å². The monoisotopic (exact) mass is 1070 g/mol. The molecule has 0 atom stereocenters. The van der Waals surface area contributed by atoms with Crippen molar-refractivity contribution in [3.63, 3.8) is 0 Å². The maximum absolute atomic E-state index is 7.57. The maximum atomic E-state index is 7.57. The quantitative estimate of drug-likeness (QED) is 0.165. The summed E-state index contributed by atoms with van der Waals surface area (Å²) in [5.74, 6) is 1.57. The molecule has 0 aliphatic carbocycles. The maximum Gasteiger partial charge on any atom is 0.158 e. The van der Waals surface area contributed by atoms with E-state index in [1.165, 1.54) is 72.4 Å².